The maximum absolute atomic E-state index is 12.1. The van der Waals surface area contributed by atoms with E-state index in [1.165, 1.54) is 12.1 Å². The van der Waals surface area contributed by atoms with Crippen molar-refractivity contribution in [1.29, 1.82) is 0 Å². The Hall–Kier alpha value is -2.22. The number of carbonyl (C=O) groups is 3. The molecular formula is C14H16N2O5S. The van der Waals surface area contributed by atoms with Gasteiger partial charge in [0.1, 0.15) is 11.0 Å². The van der Waals surface area contributed by atoms with Crippen molar-refractivity contribution < 1.29 is 24.2 Å². The number of rotatable bonds is 6. The highest BCUT2D eigenvalue weighted by Gasteiger charge is 2.40. The summed E-state index contributed by atoms with van der Waals surface area (Å²) in [6.07, 6.45) is -0.119. The highest BCUT2D eigenvalue weighted by atomic mass is 32.2. The van der Waals surface area contributed by atoms with Crippen LogP contribution in [0.25, 0.3) is 0 Å². The van der Waals surface area contributed by atoms with E-state index in [0.29, 0.717) is 5.69 Å². The molecule has 2 N–H and O–H groups in total. The van der Waals surface area contributed by atoms with Gasteiger partial charge >= 0.3 is 5.97 Å². The summed E-state index contributed by atoms with van der Waals surface area (Å²) in [5.41, 5.74) is 0.583. The number of ether oxygens (including phenoxy) is 1. The Labute approximate surface area is 131 Å². The van der Waals surface area contributed by atoms with E-state index in [2.05, 4.69) is 5.32 Å². The van der Waals surface area contributed by atoms with Gasteiger partial charge < -0.3 is 15.2 Å². The number of imide groups is 1. The average molecular weight is 324 g/mol. The lowest BCUT2D eigenvalue weighted by molar-refractivity contribution is -0.144. The Morgan fingerprint density at radius 3 is 2.91 bits per heavy atom. The molecule has 0 aliphatic carbocycles. The number of amides is 2. The number of phenols is 1. The number of hydrogen-bond donors (Lipinski definition) is 2. The lowest BCUT2D eigenvalue weighted by Crippen LogP contribution is -2.36. The van der Waals surface area contributed by atoms with E-state index >= 15 is 0 Å². The second kappa shape index (κ2) is 7.17. The molecule has 118 valence electrons. The molecule has 1 aliphatic heterocycles. The summed E-state index contributed by atoms with van der Waals surface area (Å²) in [6, 6.07) is 6.34. The number of anilines is 1. The van der Waals surface area contributed by atoms with Gasteiger partial charge in [-0.25, -0.2) is 0 Å². The van der Waals surface area contributed by atoms with E-state index in [-0.39, 0.29) is 25.4 Å². The first-order valence-corrected chi connectivity index (χ1v) is 7.59. The van der Waals surface area contributed by atoms with Crippen molar-refractivity contribution in [3.63, 3.8) is 0 Å². The third-order valence-corrected chi connectivity index (χ3v) is 4.02. The molecule has 1 aliphatic rings. The van der Waals surface area contributed by atoms with Crippen molar-refractivity contribution in [3.8, 4) is 5.75 Å². The van der Waals surface area contributed by atoms with Crippen LogP contribution in [-0.4, -0.2) is 45.6 Å². The number of carbonyl (C=O) groups excluding carboxylic acids is 3. The number of hydrogen-bond acceptors (Lipinski definition) is 7. The first kappa shape index (κ1) is 16.2. The van der Waals surface area contributed by atoms with E-state index in [0.717, 1.165) is 16.7 Å². The zero-order chi connectivity index (χ0) is 16.1. The molecule has 0 saturated carbocycles. The largest absolute Gasteiger partial charge is 0.508 e. The van der Waals surface area contributed by atoms with Gasteiger partial charge in [-0.3, -0.25) is 19.3 Å². The summed E-state index contributed by atoms with van der Waals surface area (Å²) in [6.45, 7) is 1.90. The van der Waals surface area contributed by atoms with E-state index in [4.69, 9.17) is 4.74 Å². The number of nitrogens with one attached hydrogen (secondary N) is 1. The molecule has 1 aromatic carbocycles. The van der Waals surface area contributed by atoms with Gasteiger partial charge in [0.2, 0.25) is 5.91 Å². The Morgan fingerprint density at radius 1 is 1.45 bits per heavy atom. The molecule has 2 rings (SSSR count). The highest BCUT2D eigenvalue weighted by molar-refractivity contribution is 8.15. The van der Waals surface area contributed by atoms with Crippen LogP contribution in [0, 0.1) is 0 Å². The molecule has 0 spiro atoms. The van der Waals surface area contributed by atoms with Gasteiger partial charge in [0.15, 0.2) is 0 Å². The first-order valence-electron chi connectivity index (χ1n) is 6.71. The van der Waals surface area contributed by atoms with Crippen LogP contribution in [0.4, 0.5) is 10.5 Å². The minimum Gasteiger partial charge on any atom is -0.508 e. The number of thioether (sulfide) groups is 1. The van der Waals surface area contributed by atoms with Crippen LogP contribution >= 0.6 is 11.8 Å². The van der Waals surface area contributed by atoms with Gasteiger partial charge in [-0.1, -0.05) is 17.8 Å². The number of aromatic hydroxyl groups is 1. The van der Waals surface area contributed by atoms with Crippen molar-refractivity contribution >= 4 is 34.6 Å². The molecule has 0 radical (unpaired) electrons. The van der Waals surface area contributed by atoms with Gasteiger partial charge in [0.25, 0.3) is 5.24 Å². The lowest BCUT2D eigenvalue weighted by atomic mass is 10.3. The number of phenolic OH excluding ortho intramolecular Hbond substituents is 1. The molecule has 1 saturated heterocycles. The fourth-order valence-corrected chi connectivity index (χ4v) is 2.90. The van der Waals surface area contributed by atoms with E-state index in [9.17, 15) is 19.5 Å². The monoisotopic (exact) mass is 324 g/mol. The minimum absolute atomic E-state index is 0.0204. The predicted molar refractivity (Wildman–Crippen MR) is 81.5 cm³/mol. The zero-order valence-corrected chi connectivity index (χ0v) is 12.8. The summed E-state index contributed by atoms with van der Waals surface area (Å²) < 4.78 is 4.79. The molecule has 1 heterocycles. The fourth-order valence-electron chi connectivity index (χ4n) is 1.93. The number of benzene rings is 1. The normalized spacial score (nSPS) is 17.7. The second-order valence-electron chi connectivity index (χ2n) is 4.53. The summed E-state index contributed by atoms with van der Waals surface area (Å²) in [5.74, 6) is -0.835. The zero-order valence-electron chi connectivity index (χ0n) is 11.9. The quantitative estimate of drug-likeness (QED) is 0.770. The second-order valence-corrected chi connectivity index (χ2v) is 5.69. The highest BCUT2D eigenvalue weighted by Crippen LogP contribution is 2.29. The third-order valence-electron chi connectivity index (χ3n) is 2.95. The summed E-state index contributed by atoms with van der Waals surface area (Å²) in [7, 11) is 0. The topological polar surface area (TPSA) is 95.9 Å². The van der Waals surface area contributed by atoms with E-state index < -0.39 is 22.4 Å². The van der Waals surface area contributed by atoms with Gasteiger partial charge in [-0.05, 0) is 19.1 Å². The molecule has 8 heteroatoms. The van der Waals surface area contributed by atoms with Gasteiger partial charge in [0.05, 0.1) is 19.7 Å². The summed E-state index contributed by atoms with van der Waals surface area (Å²) in [5, 5.41) is 11.1. The van der Waals surface area contributed by atoms with Gasteiger partial charge in [-0.15, -0.1) is 0 Å². The Balaban J connectivity index is 1.93. The number of esters is 1. The Bertz CT molecular complexity index is 592. The van der Waals surface area contributed by atoms with Crippen molar-refractivity contribution in [2.75, 3.05) is 18.6 Å². The molecule has 1 unspecified atom stereocenters. The van der Waals surface area contributed by atoms with Crippen molar-refractivity contribution in [2.45, 2.75) is 18.6 Å². The maximum atomic E-state index is 12.1. The van der Waals surface area contributed by atoms with Gasteiger partial charge in [0, 0.05) is 11.8 Å². The van der Waals surface area contributed by atoms with Crippen LogP contribution in [-0.2, 0) is 14.3 Å². The average Bonchev–Trinajstić information content (AvgIpc) is 2.72. The minimum atomic E-state index is -0.738. The van der Waals surface area contributed by atoms with E-state index in [1.54, 1.807) is 19.1 Å². The predicted octanol–water partition coefficient (Wildman–Crippen LogP) is 1.78. The van der Waals surface area contributed by atoms with Crippen molar-refractivity contribution in [3.05, 3.63) is 24.3 Å². The third kappa shape index (κ3) is 3.91. The number of nitrogens with zero attached hydrogens (tertiary/aromatic N) is 1. The van der Waals surface area contributed by atoms with Gasteiger partial charge in [-0.2, -0.15) is 0 Å². The van der Waals surface area contributed by atoms with Crippen LogP contribution < -0.4 is 5.32 Å². The lowest BCUT2D eigenvalue weighted by Gasteiger charge is -2.15. The summed E-state index contributed by atoms with van der Waals surface area (Å²) in [4.78, 5) is 36.4. The fraction of sp³-hybridized carbons (Fsp3) is 0.357. The van der Waals surface area contributed by atoms with Crippen molar-refractivity contribution in [1.82, 2.24) is 4.90 Å². The van der Waals surface area contributed by atoms with Crippen molar-refractivity contribution in [2.24, 2.45) is 0 Å². The first-order chi connectivity index (χ1) is 10.5. The van der Waals surface area contributed by atoms with Crippen LogP contribution in [0.1, 0.15) is 13.3 Å². The smallest absolute Gasteiger partial charge is 0.307 e. The molecule has 0 aromatic heterocycles. The molecule has 2 amide bonds. The molecule has 0 bridgehead atoms. The molecule has 1 fully saturated rings. The molecule has 1 aromatic rings. The Kier molecular flexibility index (Phi) is 5.26. The molecule has 22 heavy (non-hydrogen) atoms. The molecular weight excluding hydrogens is 308 g/mol. The van der Waals surface area contributed by atoms with Crippen LogP contribution in [0.5, 0.6) is 5.75 Å². The molecule has 1 atom stereocenters. The summed E-state index contributed by atoms with van der Waals surface area (Å²) >= 11 is 0.821. The van der Waals surface area contributed by atoms with E-state index in [1.807, 2.05) is 0 Å². The SMILES string of the molecule is CCOC(=O)CC1SC(=O)N(CNc2cccc(O)c2)C1=O. The standard InChI is InChI=1S/C14H16N2O5S/c1-2-21-12(18)7-11-13(19)16(14(20)22-11)8-15-9-4-3-5-10(17)6-9/h3-6,11,15,17H,2,7-8H2,1H3. The Morgan fingerprint density at radius 2 is 2.23 bits per heavy atom. The van der Waals surface area contributed by atoms with Crippen LogP contribution in [0.15, 0.2) is 24.3 Å². The van der Waals surface area contributed by atoms with Crippen LogP contribution in [0.2, 0.25) is 0 Å². The van der Waals surface area contributed by atoms with Crippen LogP contribution in [0.3, 0.4) is 0 Å². The maximum Gasteiger partial charge on any atom is 0.307 e. The molecule has 7 nitrogen and oxygen atoms in total.